The lowest BCUT2D eigenvalue weighted by molar-refractivity contribution is -0.103. The molecule has 88 valence electrons. The minimum absolute atomic E-state index is 0.289. The molecule has 0 saturated carbocycles. The van der Waals surface area contributed by atoms with Crippen LogP contribution in [0.25, 0.3) is 0 Å². The van der Waals surface area contributed by atoms with Gasteiger partial charge in [0.1, 0.15) is 0 Å². The molecule has 0 saturated heterocycles. The Hall–Kier alpha value is -0.590. The molecule has 15 heavy (non-hydrogen) atoms. The van der Waals surface area contributed by atoms with Gasteiger partial charge in [-0.3, -0.25) is 0 Å². The van der Waals surface area contributed by atoms with Crippen LogP contribution in [0, 0.1) is 11.3 Å². The van der Waals surface area contributed by atoms with E-state index in [0.29, 0.717) is 0 Å². The fourth-order valence-electron chi connectivity index (χ4n) is 1.64. The minimum atomic E-state index is -0.708. The number of hydrogen-bond donors (Lipinski definition) is 1. The molecule has 2 unspecified atom stereocenters. The zero-order chi connectivity index (χ0) is 11.9. The van der Waals surface area contributed by atoms with E-state index in [1.54, 1.807) is 6.92 Å². The van der Waals surface area contributed by atoms with E-state index in [1.807, 2.05) is 20.8 Å². The third kappa shape index (κ3) is 4.63. The minimum Gasteiger partial charge on any atom is -0.391 e. The van der Waals surface area contributed by atoms with E-state index in [2.05, 4.69) is 6.07 Å². The van der Waals surface area contributed by atoms with E-state index in [9.17, 15) is 10.4 Å². The second-order valence-electron chi connectivity index (χ2n) is 4.17. The molecule has 3 heteroatoms. The molecule has 2 atom stereocenters. The third-order valence-corrected chi connectivity index (χ3v) is 2.60. The summed E-state index contributed by atoms with van der Waals surface area (Å²) in [5, 5.41) is 18.6. The highest BCUT2D eigenvalue weighted by Gasteiger charge is 2.32. The van der Waals surface area contributed by atoms with Gasteiger partial charge in [-0.25, -0.2) is 0 Å². The highest BCUT2D eigenvalue weighted by molar-refractivity contribution is 5.02. The lowest BCUT2D eigenvalue weighted by Crippen LogP contribution is -2.38. The number of rotatable bonds is 7. The summed E-state index contributed by atoms with van der Waals surface area (Å²) in [7, 11) is 0. The topological polar surface area (TPSA) is 53.2 Å². The van der Waals surface area contributed by atoms with E-state index in [1.165, 1.54) is 0 Å². The molecule has 0 aliphatic rings. The first kappa shape index (κ1) is 14.4. The predicted molar refractivity (Wildman–Crippen MR) is 60.4 cm³/mol. The lowest BCUT2D eigenvalue weighted by Gasteiger charge is -2.31. The number of aliphatic hydroxyl groups excluding tert-OH is 1. The molecule has 0 aromatic carbocycles. The van der Waals surface area contributed by atoms with E-state index >= 15 is 0 Å². The molecule has 0 radical (unpaired) electrons. The number of nitriles is 1. The zero-order valence-corrected chi connectivity index (χ0v) is 10.3. The van der Waals surface area contributed by atoms with Gasteiger partial charge in [0.2, 0.25) is 0 Å². The summed E-state index contributed by atoms with van der Waals surface area (Å²) < 4.78 is 5.72. The first-order chi connectivity index (χ1) is 7.01. The van der Waals surface area contributed by atoms with Crippen LogP contribution in [0.15, 0.2) is 0 Å². The van der Waals surface area contributed by atoms with Crippen LogP contribution in [0.4, 0.5) is 0 Å². The quantitative estimate of drug-likeness (QED) is 0.707. The van der Waals surface area contributed by atoms with E-state index in [0.717, 1.165) is 25.7 Å². The number of nitrogens with zero attached hydrogens (tertiary/aromatic N) is 1. The molecule has 0 fully saturated rings. The van der Waals surface area contributed by atoms with Crippen LogP contribution in [0.1, 0.15) is 53.4 Å². The first-order valence-corrected chi connectivity index (χ1v) is 5.78. The van der Waals surface area contributed by atoms with Crippen LogP contribution >= 0.6 is 0 Å². The van der Waals surface area contributed by atoms with Crippen LogP contribution in [0.3, 0.4) is 0 Å². The van der Waals surface area contributed by atoms with E-state index in [-0.39, 0.29) is 6.10 Å². The maximum absolute atomic E-state index is 9.38. The van der Waals surface area contributed by atoms with Gasteiger partial charge in [0.05, 0.1) is 18.3 Å². The smallest absolute Gasteiger partial charge is 0.154 e. The van der Waals surface area contributed by atoms with Gasteiger partial charge in [0.25, 0.3) is 0 Å². The van der Waals surface area contributed by atoms with Crippen molar-refractivity contribution in [1.29, 1.82) is 5.26 Å². The van der Waals surface area contributed by atoms with Crippen molar-refractivity contribution in [2.24, 2.45) is 0 Å². The summed E-state index contributed by atoms with van der Waals surface area (Å²) in [5.74, 6) is 0. The Morgan fingerprint density at radius 2 is 1.73 bits per heavy atom. The Labute approximate surface area is 93.1 Å². The van der Waals surface area contributed by atoms with Crippen molar-refractivity contribution in [2.45, 2.75) is 71.2 Å². The number of aliphatic hydroxyl groups is 1. The van der Waals surface area contributed by atoms with Crippen molar-refractivity contribution < 1.29 is 9.84 Å². The average Bonchev–Trinajstić information content (AvgIpc) is 2.18. The maximum atomic E-state index is 9.38. The second kappa shape index (κ2) is 6.81. The zero-order valence-electron chi connectivity index (χ0n) is 10.3. The summed E-state index contributed by atoms with van der Waals surface area (Å²) in [6, 6.07) is 2.27. The van der Waals surface area contributed by atoms with Crippen molar-refractivity contribution in [3.05, 3.63) is 0 Å². The Balaban J connectivity index is 4.54. The van der Waals surface area contributed by atoms with Gasteiger partial charge >= 0.3 is 0 Å². The van der Waals surface area contributed by atoms with Crippen LogP contribution in [0.2, 0.25) is 0 Å². The molecular weight excluding hydrogens is 190 g/mol. The molecule has 0 bridgehead atoms. The van der Waals surface area contributed by atoms with Crippen LogP contribution in [0.5, 0.6) is 0 Å². The highest BCUT2D eigenvalue weighted by atomic mass is 16.5. The van der Waals surface area contributed by atoms with Crippen LogP contribution < -0.4 is 0 Å². The van der Waals surface area contributed by atoms with Crippen molar-refractivity contribution in [2.75, 3.05) is 0 Å². The van der Waals surface area contributed by atoms with E-state index < -0.39 is 11.7 Å². The first-order valence-electron chi connectivity index (χ1n) is 5.78. The Kier molecular flexibility index (Phi) is 6.55. The second-order valence-corrected chi connectivity index (χ2v) is 4.17. The van der Waals surface area contributed by atoms with Gasteiger partial charge in [-0.15, -0.1) is 0 Å². The summed E-state index contributed by atoms with van der Waals surface area (Å²) >= 11 is 0. The van der Waals surface area contributed by atoms with Crippen LogP contribution in [-0.2, 0) is 4.74 Å². The van der Waals surface area contributed by atoms with Gasteiger partial charge in [0, 0.05) is 0 Å². The Morgan fingerprint density at radius 3 is 2.00 bits per heavy atom. The molecule has 0 aliphatic carbocycles. The average molecular weight is 213 g/mol. The van der Waals surface area contributed by atoms with Gasteiger partial charge in [0.15, 0.2) is 5.60 Å². The van der Waals surface area contributed by atoms with Crippen molar-refractivity contribution in [3.8, 4) is 6.07 Å². The molecule has 1 N–H and O–H groups in total. The van der Waals surface area contributed by atoms with Crippen molar-refractivity contribution in [1.82, 2.24) is 0 Å². The fourth-order valence-corrected chi connectivity index (χ4v) is 1.64. The number of ether oxygens (including phenoxy) is 1. The third-order valence-electron chi connectivity index (χ3n) is 2.60. The lowest BCUT2D eigenvalue weighted by atomic mass is 9.93. The summed E-state index contributed by atoms with van der Waals surface area (Å²) in [5.41, 5.74) is -0.708. The summed E-state index contributed by atoms with van der Waals surface area (Å²) in [6.07, 6.45) is 2.47. The van der Waals surface area contributed by atoms with Gasteiger partial charge in [-0.2, -0.15) is 5.26 Å². The summed E-state index contributed by atoms with van der Waals surface area (Å²) in [6.45, 7) is 7.57. The SMILES string of the molecule is CCCC(C#N)(CCC)OC(C)C(C)O. The molecule has 0 aromatic rings. The Bertz CT molecular complexity index is 202. The van der Waals surface area contributed by atoms with Gasteiger partial charge < -0.3 is 9.84 Å². The fraction of sp³-hybridized carbons (Fsp3) is 0.917. The maximum Gasteiger partial charge on any atom is 0.154 e. The van der Waals surface area contributed by atoms with Crippen molar-refractivity contribution >= 4 is 0 Å². The van der Waals surface area contributed by atoms with Crippen LogP contribution in [-0.4, -0.2) is 22.9 Å². The normalized spacial score (nSPS) is 15.7. The van der Waals surface area contributed by atoms with Gasteiger partial charge in [-0.05, 0) is 26.7 Å². The molecule has 0 heterocycles. The Morgan fingerprint density at radius 1 is 1.27 bits per heavy atom. The summed E-state index contributed by atoms with van der Waals surface area (Å²) in [4.78, 5) is 0. The molecule has 0 aromatic heterocycles. The highest BCUT2D eigenvalue weighted by Crippen LogP contribution is 2.26. The number of hydrogen-bond acceptors (Lipinski definition) is 3. The van der Waals surface area contributed by atoms with Gasteiger partial charge in [-0.1, -0.05) is 26.7 Å². The molecule has 0 rings (SSSR count). The monoisotopic (exact) mass is 213 g/mol. The largest absolute Gasteiger partial charge is 0.391 e. The standard InChI is InChI=1S/C12H23NO2/c1-5-7-12(9-13,8-6-2)15-11(4)10(3)14/h10-11,14H,5-8H2,1-4H3. The van der Waals surface area contributed by atoms with E-state index in [4.69, 9.17) is 4.74 Å². The molecule has 3 nitrogen and oxygen atoms in total. The molecule has 0 amide bonds. The molecule has 0 aliphatic heterocycles. The van der Waals surface area contributed by atoms with Crippen molar-refractivity contribution in [3.63, 3.8) is 0 Å². The molecule has 0 spiro atoms. The molecular formula is C12H23NO2. The predicted octanol–water partition coefficient (Wildman–Crippen LogP) is 2.63.